The topological polar surface area (TPSA) is 17.1 Å². The van der Waals surface area contributed by atoms with E-state index in [-0.39, 0.29) is 9.64 Å². The molecule has 7 heteroatoms. The molecule has 0 unspecified atom stereocenters. The summed E-state index contributed by atoms with van der Waals surface area (Å²) in [4.78, 5) is 10.8. The fourth-order valence-corrected chi connectivity index (χ4v) is 2.19. The summed E-state index contributed by atoms with van der Waals surface area (Å²) < 4.78 is 49.7. The molecule has 0 atom stereocenters. The number of hydrogen-bond acceptors (Lipinski definition) is 1. The van der Waals surface area contributed by atoms with Crippen LogP contribution in [0.15, 0.2) is 12.1 Å². The van der Waals surface area contributed by atoms with E-state index in [4.69, 9.17) is 11.6 Å². The highest BCUT2D eigenvalue weighted by Crippen LogP contribution is 2.35. The largest absolute Gasteiger partial charge is 0.417 e. The van der Waals surface area contributed by atoms with Gasteiger partial charge in [0.2, 0.25) is 0 Å². The predicted octanol–water partition coefficient (Wildman–Crippen LogP) is 3.83. The summed E-state index contributed by atoms with van der Waals surface area (Å²) in [6.07, 6.45) is -4.80. The van der Waals surface area contributed by atoms with Crippen LogP contribution in [0.5, 0.6) is 0 Å². The summed E-state index contributed by atoms with van der Waals surface area (Å²) in [7, 11) is 0. The van der Waals surface area contributed by atoms with Crippen molar-refractivity contribution in [1.82, 2.24) is 0 Å². The SMILES string of the molecule is O=C(Cl)c1c(I)cc(F)cc1C(F)(F)F. The van der Waals surface area contributed by atoms with Gasteiger partial charge in [0.05, 0.1) is 11.1 Å². The monoisotopic (exact) mass is 352 g/mol. The first kappa shape index (κ1) is 12.7. The Hall–Kier alpha value is -0.370. The lowest BCUT2D eigenvalue weighted by molar-refractivity contribution is -0.138. The molecule has 0 aliphatic heterocycles. The molecule has 0 radical (unpaired) electrons. The standard InChI is InChI=1S/C8H2ClF4IO/c9-7(15)6-4(8(11,12)13)1-3(10)2-5(6)14/h1-2H. The van der Waals surface area contributed by atoms with E-state index in [0.29, 0.717) is 0 Å². The Morgan fingerprint density at radius 1 is 1.33 bits per heavy atom. The van der Waals surface area contributed by atoms with E-state index < -0.39 is 28.4 Å². The lowest BCUT2D eigenvalue weighted by atomic mass is 10.1. The molecule has 0 aliphatic carbocycles. The van der Waals surface area contributed by atoms with Crippen molar-refractivity contribution in [3.63, 3.8) is 0 Å². The molecule has 0 saturated carbocycles. The van der Waals surface area contributed by atoms with Gasteiger partial charge in [-0.1, -0.05) is 0 Å². The summed E-state index contributed by atoms with van der Waals surface area (Å²) in [5, 5.41) is -1.26. The molecule has 0 spiro atoms. The Morgan fingerprint density at radius 3 is 2.27 bits per heavy atom. The molecule has 1 aromatic rings. The van der Waals surface area contributed by atoms with Gasteiger partial charge in [-0.3, -0.25) is 4.79 Å². The summed E-state index contributed by atoms with van der Waals surface area (Å²) in [5.74, 6) is -1.06. The Kier molecular flexibility index (Phi) is 3.59. The van der Waals surface area contributed by atoms with Crippen LogP contribution < -0.4 is 0 Å². The zero-order valence-corrected chi connectivity index (χ0v) is 9.74. The van der Waals surface area contributed by atoms with E-state index in [0.717, 1.165) is 6.07 Å². The number of rotatable bonds is 1. The van der Waals surface area contributed by atoms with Gasteiger partial charge in [0.15, 0.2) is 0 Å². The highest BCUT2D eigenvalue weighted by atomic mass is 127. The molecule has 0 N–H and O–H groups in total. The number of hydrogen-bond donors (Lipinski definition) is 0. The molecule has 0 heterocycles. The van der Waals surface area contributed by atoms with Crippen molar-refractivity contribution in [1.29, 1.82) is 0 Å². The van der Waals surface area contributed by atoms with Crippen molar-refractivity contribution < 1.29 is 22.4 Å². The lowest BCUT2D eigenvalue weighted by Gasteiger charge is -2.11. The van der Waals surface area contributed by atoms with Crippen molar-refractivity contribution in [2.24, 2.45) is 0 Å². The molecular weight excluding hydrogens is 350 g/mol. The zero-order chi connectivity index (χ0) is 11.8. The van der Waals surface area contributed by atoms with E-state index in [1.807, 2.05) is 0 Å². The maximum Gasteiger partial charge on any atom is 0.417 e. The molecule has 0 saturated heterocycles. The molecule has 82 valence electrons. The molecule has 1 aromatic carbocycles. The van der Waals surface area contributed by atoms with Gasteiger partial charge in [-0.15, -0.1) is 0 Å². The first-order valence-corrected chi connectivity index (χ1v) is 4.95. The van der Waals surface area contributed by atoms with Crippen molar-refractivity contribution in [3.05, 3.63) is 32.6 Å². The van der Waals surface area contributed by atoms with E-state index in [2.05, 4.69) is 0 Å². The van der Waals surface area contributed by atoms with Crippen LogP contribution in [0.4, 0.5) is 17.6 Å². The third kappa shape index (κ3) is 2.81. The first-order chi connectivity index (χ1) is 6.73. The highest BCUT2D eigenvalue weighted by molar-refractivity contribution is 14.1. The second-order valence-corrected chi connectivity index (χ2v) is 4.09. The average molecular weight is 352 g/mol. The Labute approximate surface area is 101 Å². The van der Waals surface area contributed by atoms with E-state index in [1.165, 1.54) is 22.6 Å². The Balaban J connectivity index is 3.54. The third-order valence-corrected chi connectivity index (χ3v) is 2.60. The van der Waals surface area contributed by atoms with E-state index >= 15 is 0 Å². The van der Waals surface area contributed by atoms with Gasteiger partial charge >= 0.3 is 6.18 Å². The van der Waals surface area contributed by atoms with Gasteiger partial charge < -0.3 is 0 Å². The van der Waals surface area contributed by atoms with E-state index in [1.54, 1.807) is 0 Å². The normalized spacial score (nSPS) is 11.6. The fourth-order valence-electron chi connectivity index (χ4n) is 0.997. The van der Waals surface area contributed by atoms with Crippen LogP contribution in [0.25, 0.3) is 0 Å². The molecule has 0 fully saturated rings. The molecule has 0 amide bonds. The van der Waals surface area contributed by atoms with Crippen LogP contribution in [0.3, 0.4) is 0 Å². The highest BCUT2D eigenvalue weighted by Gasteiger charge is 2.36. The first-order valence-electron chi connectivity index (χ1n) is 3.49. The summed E-state index contributed by atoms with van der Waals surface area (Å²) in [6.45, 7) is 0. The lowest BCUT2D eigenvalue weighted by Crippen LogP contribution is -2.13. The van der Waals surface area contributed by atoms with Gasteiger partial charge in [0.25, 0.3) is 5.24 Å². The molecule has 1 rings (SSSR count). The van der Waals surface area contributed by atoms with Gasteiger partial charge in [-0.05, 0) is 46.3 Å². The number of carbonyl (C=O) groups is 1. The fraction of sp³-hybridized carbons (Fsp3) is 0.125. The quantitative estimate of drug-likeness (QED) is 0.426. The van der Waals surface area contributed by atoms with Crippen LogP contribution in [-0.4, -0.2) is 5.24 Å². The van der Waals surface area contributed by atoms with Crippen LogP contribution in [-0.2, 0) is 6.18 Å². The van der Waals surface area contributed by atoms with Crippen LogP contribution in [0, 0.1) is 9.39 Å². The molecule has 0 aliphatic rings. The van der Waals surface area contributed by atoms with Gasteiger partial charge in [0.1, 0.15) is 5.82 Å². The Morgan fingerprint density at radius 2 is 1.87 bits per heavy atom. The summed E-state index contributed by atoms with van der Waals surface area (Å²) in [6, 6.07) is 1.06. The van der Waals surface area contributed by atoms with Crippen LogP contribution >= 0.6 is 34.2 Å². The van der Waals surface area contributed by atoms with Crippen LogP contribution in [0.1, 0.15) is 15.9 Å². The third-order valence-electron chi connectivity index (χ3n) is 1.56. The van der Waals surface area contributed by atoms with Crippen molar-refractivity contribution in [2.75, 3.05) is 0 Å². The minimum absolute atomic E-state index is 0.167. The number of halogens is 6. The number of alkyl halides is 3. The van der Waals surface area contributed by atoms with Gasteiger partial charge in [-0.2, -0.15) is 13.2 Å². The summed E-state index contributed by atoms with van der Waals surface area (Å²) in [5.41, 5.74) is -2.07. The molecule has 15 heavy (non-hydrogen) atoms. The number of carbonyl (C=O) groups excluding carboxylic acids is 1. The van der Waals surface area contributed by atoms with Gasteiger partial charge in [0, 0.05) is 3.57 Å². The summed E-state index contributed by atoms with van der Waals surface area (Å²) >= 11 is 6.43. The molecule has 1 nitrogen and oxygen atoms in total. The molecule has 0 aromatic heterocycles. The van der Waals surface area contributed by atoms with E-state index in [9.17, 15) is 22.4 Å². The van der Waals surface area contributed by atoms with Crippen molar-refractivity contribution in [2.45, 2.75) is 6.18 Å². The van der Waals surface area contributed by atoms with Crippen molar-refractivity contribution in [3.8, 4) is 0 Å². The van der Waals surface area contributed by atoms with Gasteiger partial charge in [-0.25, -0.2) is 4.39 Å². The smallest absolute Gasteiger partial charge is 0.276 e. The van der Waals surface area contributed by atoms with Crippen molar-refractivity contribution >= 4 is 39.4 Å². The Bertz CT molecular complexity index is 416. The second-order valence-electron chi connectivity index (χ2n) is 2.58. The molecular formula is C8H2ClF4IO. The van der Waals surface area contributed by atoms with Crippen LogP contribution in [0.2, 0.25) is 0 Å². The maximum absolute atomic E-state index is 12.7. The average Bonchev–Trinajstić information content (AvgIpc) is 1.99. The minimum Gasteiger partial charge on any atom is -0.276 e. The number of benzene rings is 1. The zero-order valence-electron chi connectivity index (χ0n) is 6.83. The predicted molar refractivity (Wildman–Crippen MR) is 54.3 cm³/mol. The maximum atomic E-state index is 12.7. The minimum atomic E-state index is -4.80. The molecule has 0 bridgehead atoms. The second kappa shape index (κ2) is 4.25.